The van der Waals surface area contributed by atoms with Gasteiger partial charge in [0, 0.05) is 16.4 Å². The van der Waals surface area contributed by atoms with E-state index in [1.54, 1.807) is 12.1 Å². The first kappa shape index (κ1) is 12.7. The predicted molar refractivity (Wildman–Crippen MR) is 67.5 cm³/mol. The van der Waals surface area contributed by atoms with Crippen molar-refractivity contribution in [2.24, 2.45) is 5.11 Å². The zero-order chi connectivity index (χ0) is 13.8. The zero-order valence-corrected chi connectivity index (χ0v) is 9.99. The molecule has 7 heteroatoms. The van der Waals surface area contributed by atoms with Crippen LogP contribution in [0.15, 0.2) is 38.6 Å². The molecule has 0 spiro atoms. The summed E-state index contributed by atoms with van der Waals surface area (Å²) < 4.78 is 10.2. The Kier molecular flexibility index (Phi) is 3.49. The minimum atomic E-state index is -0.728. The van der Waals surface area contributed by atoms with Gasteiger partial charge in [-0.1, -0.05) is 5.11 Å². The van der Waals surface area contributed by atoms with E-state index >= 15 is 0 Å². The fourth-order valence-corrected chi connectivity index (χ4v) is 1.47. The summed E-state index contributed by atoms with van der Waals surface area (Å²) in [6, 6.07) is 6.20. The van der Waals surface area contributed by atoms with Gasteiger partial charge in [-0.2, -0.15) is 0 Å². The Morgan fingerprint density at radius 2 is 2.26 bits per heavy atom. The molecule has 0 fully saturated rings. The summed E-state index contributed by atoms with van der Waals surface area (Å²) in [6.45, 7) is 1.36. The summed E-state index contributed by atoms with van der Waals surface area (Å²) >= 11 is 0. The number of hydrogen-bond donors (Lipinski definition) is 0. The number of hydrogen-bond acceptors (Lipinski definition) is 5. The van der Waals surface area contributed by atoms with E-state index in [0.717, 1.165) is 0 Å². The van der Waals surface area contributed by atoms with E-state index in [9.17, 15) is 9.59 Å². The third-order valence-corrected chi connectivity index (χ3v) is 2.28. The first-order valence-electron chi connectivity index (χ1n) is 5.35. The van der Waals surface area contributed by atoms with Crippen molar-refractivity contribution < 1.29 is 13.9 Å². The Morgan fingerprint density at radius 3 is 2.95 bits per heavy atom. The maximum absolute atomic E-state index is 11.5. The minimum absolute atomic E-state index is 0.0491. The number of ketones is 1. The molecule has 0 saturated heterocycles. The highest BCUT2D eigenvalue weighted by Gasteiger charge is 2.05. The second-order valence-electron chi connectivity index (χ2n) is 3.80. The van der Waals surface area contributed by atoms with Crippen LogP contribution in [0.1, 0.15) is 6.92 Å². The van der Waals surface area contributed by atoms with Crippen LogP contribution >= 0.6 is 0 Å². The van der Waals surface area contributed by atoms with Crippen LogP contribution in [0, 0.1) is 0 Å². The summed E-state index contributed by atoms with van der Waals surface area (Å²) in [6.07, 6.45) is 0. The van der Waals surface area contributed by atoms with Crippen LogP contribution in [0.5, 0.6) is 5.75 Å². The quantitative estimate of drug-likeness (QED) is 0.364. The van der Waals surface area contributed by atoms with Gasteiger partial charge in [0.2, 0.25) is 0 Å². The zero-order valence-electron chi connectivity index (χ0n) is 9.99. The summed E-state index contributed by atoms with van der Waals surface area (Å²) in [4.78, 5) is 24.8. The number of Topliss-reactive ketones (excluding diaryl/α,β-unsaturated/α-hetero) is 1. The molecule has 0 radical (unpaired) electrons. The smallest absolute Gasteiger partial charge is 0.345 e. The van der Waals surface area contributed by atoms with Crippen molar-refractivity contribution in [2.75, 3.05) is 6.61 Å². The second kappa shape index (κ2) is 5.24. The monoisotopic (exact) mass is 259 g/mol. The number of rotatable bonds is 4. The molecule has 0 aliphatic carbocycles. The first-order valence-corrected chi connectivity index (χ1v) is 5.35. The average molecular weight is 259 g/mol. The summed E-state index contributed by atoms with van der Waals surface area (Å²) in [5.41, 5.74) is 7.77. The largest absolute Gasteiger partial charge is 0.486 e. The van der Waals surface area contributed by atoms with E-state index in [-0.39, 0.29) is 18.1 Å². The van der Waals surface area contributed by atoms with Crippen LogP contribution in [0.2, 0.25) is 0 Å². The second-order valence-corrected chi connectivity index (χ2v) is 3.80. The molecule has 0 N–H and O–H groups in total. The molecule has 0 atom stereocenters. The lowest BCUT2D eigenvalue weighted by atomic mass is 10.2. The van der Waals surface area contributed by atoms with Crippen molar-refractivity contribution in [1.29, 1.82) is 0 Å². The molecule has 0 amide bonds. The van der Waals surface area contributed by atoms with Gasteiger partial charge >= 0.3 is 5.63 Å². The number of ether oxygens (including phenoxy) is 1. The number of azide groups is 1. The topological polar surface area (TPSA) is 105 Å². The molecule has 2 aromatic rings. The summed E-state index contributed by atoms with van der Waals surface area (Å²) in [7, 11) is 0. The molecule has 1 aromatic heterocycles. The van der Waals surface area contributed by atoms with E-state index < -0.39 is 5.63 Å². The lowest BCUT2D eigenvalue weighted by molar-refractivity contribution is -0.118. The van der Waals surface area contributed by atoms with Crippen molar-refractivity contribution in [1.82, 2.24) is 0 Å². The molecule has 96 valence electrons. The third kappa shape index (κ3) is 2.91. The van der Waals surface area contributed by atoms with Gasteiger partial charge in [-0.3, -0.25) is 4.79 Å². The molecular formula is C12H9N3O4. The SMILES string of the molecule is CC(=O)COc1ccc2cc(N=[N+]=[N-])c(=O)oc2c1. The van der Waals surface area contributed by atoms with Gasteiger partial charge in [-0.05, 0) is 30.7 Å². The van der Waals surface area contributed by atoms with E-state index in [4.69, 9.17) is 14.7 Å². The van der Waals surface area contributed by atoms with E-state index in [1.165, 1.54) is 19.1 Å². The van der Waals surface area contributed by atoms with Crippen LogP contribution < -0.4 is 10.4 Å². The van der Waals surface area contributed by atoms with Gasteiger partial charge in [0.25, 0.3) is 0 Å². The maximum atomic E-state index is 11.5. The Morgan fingerprint density at radius 1 is 1.47 bits per heavy atom. The van der Waals surface area contributed by atoms with Gasteiger partial charge < -0.3 is 9.15 Å². The number of fused-ring (bicyclic) bond motifs is 1. The van der Waals surface area contributed by atoms with Gasteiger partial charge in [0.15, 0.2) is 5.78 Å². The first-order chi connectivity index (χ1) is 9.10. The molecule has 1 heterocycles. The van der Waals surface area contributed by atoms with E-state index in [2.05, 4.69) is 10.0 Å². The molecular weight excluding hydrogens is 250 g/mol. The van der Waals surface area contributed by atoms with Crippen LogP contribution in [0.3, 0.4) is 0 Å². The van der Waals surface area contributed by atoms with Crippen molar-refractivity contribution in [3.8, 4) is 5.75 Å². The standard InChI is InChI=1S/C12H9N3O4/c1-7(16)6-18-9-3-2-8-4-10(14-15-13)12(17)19-11(8)5-9/h2-5H,6H2,1H3. The van der Waals surface area contributed by atoms with E-state index in [1.807, 2.05) is 0 Å². The molecule has 0 saturated carbocycles. The Bertz CT molecular complexity index is 744. The van der Waals surface area contributed by atoms with E-state index in [0.29, 0.717) is 16.7 Å². The highest BCUT2D eigenvalue weighted by atomic mass is 16.5. The van der Waals surface area contributed by atoms with Gasteiger partial charge in [-0.25, -0.2) is 4.79 Å². The third-order valence-electron chi connectivity index (χ3n) is 2.28. The molecule has 2 rings (SSSR count). The Hall–Kier alpha value is -2.79. The van der Waals surface area contributed by atoms with Crippen molar-refractivity contribution in [3.63, 3.8) is 0 Å². The van der Waals surface area contributed by atoms with Crippen LogP contribution in [0.25, 0.3) is 21.4 Å². The molecule has 1 aromatic carbocycles. The summed E-state index contributed by atoms with van der Waals surface area (Å²) in [5.74, 6) is 0.308. The fraction of sp³-hybridized carbons (Fsp3) is 0.167. The highest BCUT2D eigenvalue weighted by Crippen LogP contribution is 2.22. The number of benzene rings is 1. The minimum Gasteiger partial charge on any atom is -0.486 e. The molecule has 0 unspecified atom stereocenters. The highest BCUT2D eigenvalue weighted by molar-refractivity contribution is 5.81. The molecule has 19 heavy (non-hydrogen) atoms. The van der Waals surface area contributed by atoms with Gasteiger partial charge in [0.1, 0.15) is 23.6 Å². The van der Waals surface area contributed by atoms with Crippen molar-refractivity contribution in [2.45, 2.75) is 6.92 Å². The lowest BCUT2D eigenvalue weighted by Crippen LogP contribution is -2.06. The normalized spacial score (nSPS) is 9.95. The van der Waals surface area contributed by atoms with Gasteiger partial charge in [-0.15, -0.1) is 0 Å². The maximum Gasteiger partial charge on any atom is 0.345 e. The van der Waals surface area contributed by atoms with Crippen LogP contribution in [0.4, 0.5) is 5.69 Å². The predicted octanol–water partition coefficient (Wildman–Crippen LogP) is 2.70. The van der Waals surface area contributed by atoms with Gasteiger partial charge in [0.05, 0.1) is 0 Å². The Labute approximate surface area is 107 Å². The molecule has 0 aliphatic heterocycles. The molecule has 0 bridgehead atoms. The van der Waals surface area contributed by atoms with Crippen LogP contribution in [-0.4, -0.2) is 12.4 Å². The number of carbonyl (C=O) groups excluding carboxylic acids is 1. The summed E-state index contributed by atoms with van der Waals surface area (Å²) in [5, 5.41) is 3.83. The van der Waals surface area contributed by atoms with Crippen LogP contribution in [-0.2, 0) is 4.79 Å². The number of nitrogens with zero attached hydrogens (tertiary/aromatic N) is 3. The fourth-order valence-electron chi connectivity index (χ4n) is 1.47. The molecule has 7 nitrogen and oxygen atoms in total. The Balaban J connectivity index is 2.44. The average Bonchev–Trinajstić information content (AvgIpc) is 2.37. The van der Waals surface area contributed by atoms with Crippen molar-refractivity contribution >= 4 is 22.4 Å². The lowest BCUT2D eigenvalue weighted by Gasteiger charge is -2.04. The molecule has 0 aliphatic rings. The van der Waals surface area contributed by atoms with Crippen molar-refractivity contribution in [3.05, 3.63) is 45.1 Å². The number of carbonyl (C=O) groups is 1.